The van der Waals surface area contributed by atoms with Crippen LogP contribution in [-0.4, -0.2) is 35.6 Å². The van der Waals surface area contributed by atoms with Gasteiger partial charge in [-0.05, 0) is 18.2 Å². The van der Waals surface area contributed by atoms with Crippen molar-refractivity contribution in [2.24, 2.45) is 0 Å². The number of hydrogen-bond donors (Lipinski definition) is 2. The Labute approximate surface area is 173 Å². The molecule has 0 unspecified atom stereocenters. The van der Waals surface area contributed by atoms with E-state index in [-0.39, 0.29) is 5.91 Å². The number of nitrogens with one attached hydrogen (secondary N) is 2. The number of benzene rings is 1. The topological polar surface area (TPSA) is 101 Å². The first-order valence-electron chi connectivity index (χ1n) is 8.54. The van der Waals surface area contributed by atoms with Gasteiger partial charge in [0.05, 0.1) is 17.5 Å². The van der Waals surface area contributed by atoms with Crippen molar-refractivity contribution in [2.45, 2.75) is 0 Å². The summed E-state index contributed by atoms with van der Waals surface area (Å²) < 4.78 is 2.63. The number of carbonyl (C=O) groups excluding carboxylic acids is 1. The first kappa shape index (κ1) is 17.5. The van der Waals surface area contributed by atoms with Gasteiger partial charge in [-0.15, -0.1) is 0 Å². The Morgan fingerprint density at radius 1 is 1.14 bits per heavy atom. The molecule has 0 fully saturated rings. The van der Waals surface area contributed by atoms with Crippen LogP contribution in [0.5, 0.6) is 0 Å². The number of fused-ring (bicyclic) bond motifs is 1. The predicted molar refractivity (Wildman–Crippen MR) is 112 cm³/mol. The van der Waals surface area contributed by atoms with Gasteiger partial charge in [0.25, 0.3) is 5.91 Å². The van der Waals surface area contributed by atoms with Crippen molar-refractivity contribution in [1.82, 2.24) is 29.7 Å². The number of aromatic amines is 1. The second-order valence-corrected chi connectivity index (χ2v) is 7.47. The third-order valence-electron chi connectivity index (χ3n) is 4.26. The van der Waals surface area contributed by atoms with Crippen molar-refractivity contribution < 1.29 is 4.79 Å². The summed E-state index contributed by atoms with van der Waals surface area (Å²) in [6.07, 6.45) is 6.52. The molecule has 8 nitrogen and oxygen atoms in total. The molecule has 0 radical (unpaired) electrons. The highest BCUT2D eigenvalue weighted by Crippen LogP contribution is 2.34. The number of H-pyrrole nitrogens is 1. The van der Waals surface area contributed by atoms with Crippen LogP contribution in [0.1, 0.15) is 10.4 Å². The lowest BCUT2D eigenvalue weighted by molar-refractivity contribution is 0.102. The van der Waals surface area contributed by atoms with Gasteiger partial charge < -0.3 is 0 Å². The average Bonchev–Trinajstić information content (AvgIpc) is 3.45. The highest BCUT2D eigenvalue weighted by Gasteiger charge is 2.18. The fourth-order valence-electron chi connectivity index (χ4n) is 2.92. The zero-order valence-corrected chi connectivity index (χ0v) is 16.3. The summed E-state index contributed by atoms with van der Waals surface area (Å²) in [5, 5.41) is 11.2. The second-order valence-electron chi connectivity index (χ2n) is 6.07. The zero-order valence-electron chi connectivity index (χ0n) is 14.7. The minimum Gasteiger partial charge on any atom is -0.298 e. The van der Waals surface area contributed by atoms with E-state index in [1.165, 1.54) is 17.5 Å². The molecule has 5 aromatic rings. The van der Waals surface area contributed by atoms with Crippen molar-refractivity contribution in [3.05, 3.63) is 71.9 Å². The predicted octanol–water partition coefficient (Wildman–Crippen LogP) is 4.17. The van der Waals surface area contributed by atoms with E-state index in [9.17, 15) is 4.79 Å². The van der Waals surface area contributed by atoms with Crippen LogP contribution < -0.4 is 5.32 Å². The maximum atomic E-state index is 12.4. The summed E-state index contributed by atoms with van der Waals surface area (Å²) in [6, 6.07) is 10.9. The van der Waals surface area contributed by atoms with Crippen molar-refractivity contribution in [1.29, 1.82) is 0 Å². The molecular formula is C19H12ClN7OS. The van der Waals surface area contributed by atoms with Gasteiger partial charge in [-0.3, -0.25) is 24.8 Å². The standard InChI is InChI=1S/C19H12ClN7OS/c20-13-6-2-1-5-12(13)14-9-22-10-27(14)17-15-16(25-26-17)23-19(29-15)24-18(28)11-4-3-7-21-8-11/h1-10H,(H2,23,24,25,26,28). The molecule has 0 bridgehead atoms. The molecule has 29 heavy (non-hydrogen) atoms. The fraction of sp³-hybridized carbons (Fsp3) is 0. The molecule has 1 amide bonds. The van der Waals surface area contributed by atoms with Crippen LogP contribution in [0, 0.1) is 0 Å². The van der Waals surface area contributed by atoms with Crippen molar-refractivity contribution in [3.63, 3.8) is 0 Å². The number of anilines is 1. The second kappa shape index (κ2) is 7.12. The molecule has 10 heteroatoms. The molecule has 0 aliphatic carbocycles. The number of halogens is 1. The summed E-state index contributed by atoms with van der Waals surface area (Å²) in [4.78, 5) is 25.0. The van der Waals surface area contributed by atoms with E-state index in [1.807, 2.05) is 28.8 Å². The molecule has 0 saturated carbocycles. The van der Waals surface area contributed by atoms with Crippen molar-refractivity contribution in [2.75, 3.05) is 5.32 Å². The van der Waals surface area contributed by atoms with E-state index < -0.39 is 0 Å². The Morgan fingerprint density at radius 2 is 2.03 bits per heavy atom. The van der Waals surface area contributed by atoms with Gasteiger partial charge in [-0.25, -0.2) is 9.97 Å². The van der Waals surface area contributed by atoms with Gasteiger partial charge in [0.2, 0.25) is 0 Å². The van der Waals surface area contributed by atoms with Gasteiger partial charge in [-0.1, -0.05) is 41.1 Å². The highest BCUT2D eigenvalue weighted by atomic mass is 35.5. The molecule has 142 valence electrons. The van der Waals surface area contributed by atoms with Gasteiger partial charge >= 0.3 is 0 Å². The third kappa shape index (κ3) is 3.16. The van der Waals surface area contributed by atoms with E-state index in [1.54, 1.807) is 30.9 Å². The van der Waals surface area contributed by atoms with Crippen LogP contribution in [-0.2, 0) is 0 Å². The van der Waals surface area contributed by atoms with Gasteiger partial charge in [0.1, 0.15) is 11.0 Å². The minimum absolute atomic E-state index is 0.275. The summed E-state index contributed by atoms with van der Waals surface area (Å²) in [5.74, 6) is 0.357. The highest BCUT2D eigenvalue weighted by molar-refractivity contribution is 7.22. The molecule has 0 aliphatic heterocycles. The fourth-order valence-corrected chi connectivity index (χ4v) is 4.05. The number of hydrogen-bond acceptors (Lipinski definition) is 6. The number of thiazole rings is 1. The van der Waals surface area contributed by atoms with Crippen molar-refractivity contribution in [3.8, 4) is 17.1 Å². The monoisotopic (exact) mass is 421 g/mol. The lowest BCUT2D eigenvalue weighted by Crippen LogP contribution is -2.11. The molecule has 4 aromatic heterocycles. The number of imidazole rings is 1. The largest absolute Gasteiger partial charge is 0.298 e. The average molecular weight is 422 g/mol. The van der Waals surface area contributed by atoms with Gasteiger partial charge in [-0.2, -0.15) is 5.10 Å². The van der Waals surface area contributed by atoms with Crippen LogP contribution in [0.15, 0.2) is 61.3 Å². The SMILES string of the molecule is O=C(Nc1nc2[nH]nc(-n3cncc3-c3ccccc3Cl)c2s1)c1cccnc1. The molecule has 0 saturated heterocycles. The molecule has 0 aliphatic rings. The van der Waals surface area contributed by atoms with Crippen LogP contribution in [0.25, 0.3) is 27.4 Å². The smallest absolute Gasteiger partial charge is 0.259 e. The number of amides is 1. The number of aromatic nitrogens is 6. The molecule has 5 rings (SSSR count). The lowest BCUT2D eigenvalue weighted by Gasteiger charge is -2.06. The number of rotatable bonds is 4. The Morgan fingerprint density at radius 3 is 2.86 bits per heavy atom. The zero-order chi connectivity index (χ0) is 19.8. The molecule has 1 aromatic carbocycles. The van der Waals surface area contributed by atoms with Gasteiger partial charge in [0.15, 0.2) is 16.6 Å². The summed E-state index contributed by atoms with van der Waals surface area (Å²) in [6.45, 7) is 0. The van der Waals surface area contributed by atoms with E-state index in [0.717, 1.165) is 16.0 Å². The summed E-state index contributed by atoms with van der Waals surface area (Å²) >= 11 is 7.68. The third-order valence-corrected chi connectivity index (χ3v) is 5.55. The van der Waals surface area contributed by atoms with E-state index in [4.69, 9.17) is 11.6 Å². The van der Waals surface area contributed by atoms with Gasteiger partial charge in [0, 0.05) is 23.0 Å². The van der Waals surface area contributed by atoms with Crippen LogP contribution in [0.4, 0.5) is 5.13 Å². The minimum atomic E-state index is -0.275. The maximum Gasteiger partial charge on any atom is 0.259 e. The number of carbonyl (C=O) groups is 1. The van der Waals surface area contributed by atoms with Crippen LogP contribution in [0.3, 0.4) is 0 Å². The summed E-state index contributed by atoms with van der Waals surface area (Å²) in [7, 11) is 0. The normalized spacial score (nSPS) is 11.1. The molecule has 0 spiro atoms. The Kier molecular flexibility index (Phi) is 4.30. The Bertz CT molecular complexity index is 1320. The molecule has 4 heterocycles. The number of pyridine rings is 1. The summed E-state index contributed by atoms with van der Waals surface area (Å²) in [5.41, 5.74) is 2.68. The Balaban J connectivity index is 1.51. The van der Waals surface area contributed by atoms with Crippen LogP contribution in [0.2, 0.25) is 5.02 Å². The Hall–Kier alpha value is -3.56. The van der Waals surface area contributed by atoms with Crippen molar-refractivity contribution >= 4 is 44.3 Å². The van der Waals surface area contributed by atoms with E-state index >= 15 is 0 Å². The number of nitrogens with zero attached hydrogens (tertiary/aromatic N) is 5. The molecular weight excluding hydrogens is 410 g/mol. The quantitative estimate of drug-likeness (QED) is 0.453. The lowest BCUT2D eigenvalue weighted by atomic mass is 10.1. The molecule has 2 N–H and O–H groups in total. The maximum absolute atomic E-state index is 12.4. The molecule has 0 atom stereocenters. The first-order valence-corrected chi connectivity index (χ1v) is 9.74. The first-order chi connectivity index (χ1) is 14.2. The van der Waals surface area contributed by atoms with E-state index in [2.05, 4.69) is 30.5 Å². The van der Waals surface area contributed by atoms with E-state index in [0.29, 0.717) is 27.2 Å². The van der Waals surface area contributed by atoms with Crippen LogP contribution >= 0.6 is 22.9 Å².